The largest absolute Gasteiger partial charge is 0.354 e. The minimum absolute atomic E-state index is 0.610. The summed E-state index contributed by atoms with van der Waals surface area (Å²) in [6.45, 7) is 2.57. The van der Waals surface area contributed by atoms with E-state index >= 15 is 0 Å². The third-order valence-electron chi connectivity index (χ3n) is 2.41. The number of aryl methyl sites for hydroxylation is 1. The highest BCUT2D eigenvalue weighted by Crippen LogP contribution is 2.18. The molecule has 0 bridgehead atoms. The number of hydrogen-bond donors (Lipinski definition) is 2. The summed E-state index contributed by atoms with van der Waals surface area (Å²) in [5.74, 6) is 1.64. The first-order valence-corrected chi connectivity index (χ1v) is 5.53. The Labute approximate surface area is 95.4 Å². The molecule has 1 aliphatic carbocycles. The van der Waals surface area contributed by atoms with Gasteiger partial charge in [-0.1, -0.05) is 0 Å². The molecule has 1 aromatic heterocycles. The fraction of sp³-hybridized carbons (Fsp3) is 0.545. The Morgan fingerprint density at radius 1 is 1.56 bits per heavy atom. The molecule has 5 heteroatoms. The molecule has 0 aliphatic heterocycles. The van der Waals surface area contributed by atoms with Crippen LogP contribution >= 0.6 is 0 Å². The van der Waals surface area contributed by atoms with Crippen molar-refractivity contribution in [2.45, 2.75) is 32.4 Å². The Morgan fingerprint density at radius 3 is 3.00 bits per heavy atom. The van der Waals surface area contributed by atoms with Crippen molar-refractivity contribution in [1.82, 2.24) is 20.6 Å². The summed E-state index contributed by atoms with van der Waals surface area (Å²) in [6.07, 6.45) is 4.26. The summed E-state index contributed by atoms with van der Waals surface area (Å²) in [5.41, 5.74) is 0.978. The fourth-order valence-corrected chi connectivity index (χ4v) is 1.39. The van der Waals surface area contributed by atoms with Crippen molar-refractivity contribution in [2.75, 3.05) is 7.05 Å². The number of nitrogens with one attached hydrogen (secondary N) is 2. The zero-order chi connectivity index (χ0) is 11.4. The summed E-state index contributed by atoms with van der Waals surface area (Å²) in [4.78, 5) is 12.5. The van der Waals surface area contributed by atoms with E-state index in [9.17, 15) is 0 Å². The second-order valence-electron chi connectivity index (χ2n) is 3.94. The van der Waals surface area contributed by atoms with Gasteiger partial charge in [0.15, 0.2) is 5.96 Å². The van der Waals surface area contributed by atoms with Crippen LogP contribution in [0.1, 0.15) is 24.4 Å². The lowest BCUT2D eigenvalue weighted by Gasteiger charge is -2.10. The van der Waals surface area contributed by atoms with Crippen LogP contribution in [0.25, 0.3) is 0 Å². The average Bonchev–Trinajstić information content (AvgIpc) is 3.08. The second kappa shape index (κ2) is 4.92. The molecule has 1 aliphatic rings. The Balaban J connectivity index is 1.85. The molecule has 2 N–H and O–H groups in total. The summed E-state index contributed by atoms with van der Waals surface area (Å²) in [7, 11) is 1.78. The third kappa shape index (κ3) is 3.18. The van der Waals surface area contributed by atoms with E-state index in [1.807, 2.05) is 13.0 Å². The van der Waals surface area contributed by atoms with Gasteiger partial charge < -0.3 is 10.6 Å². The molecule has 1 fully saturated rings. The second-order valence-corrected chi connectivity index (χ2v) is 3.94. The number of guanidine groups is 1. The number of rotatable bonds is 3. The van der Waals surface area contributed by atoms with Gasteiger partial charge >= 0.3 is 0 Å². The van der Waals surface area contributed by atoms with Crippen LogP contribution in [-0.4, -0.2) is 29.0 Å². The summed E-state index contributed by atoms with van der Waals surface area (Å²) in [5, 5.41) is 6.55. The highest BCUT2D eigenvalue weighted by atomic mass is 15.2. The maximum Gasteiger partial charge on any atom is 0.191 e. The van der Waals surface area contributed by atoms with Crippen molar-refractivity contribution in [3.63, 3.8) is 0 Å². The lowest BCUT2D eigenvalue weighted by Crippen LogP contribution is -2.38. The molecule has 5 nitrogen and oxygen atoms in total. The van der Waals surface area contributed by atoms with Crippen LogP contribution in [0.15, 0.2) is 17.3 Å². The predicted molar refractivity (Wildman–Crippen MR) is 63.1 cm³/mol. The van der Waals surface area contributed by atoms with Crippen LogP contribution in [0.3, 0.4) is 0 Å². The zero-order valence-electron chi connectivity index (χ0n) is 9.70. The first-order valence-electron chi connectivity index (χ1n) is 5.53. The fourth-order valence-electron chi connectivity index (χ4n) is 1.39. The van der Waals surface area contributed by atoms with Crippen LogP contribution < -0.4 is 10.6 Å². The van der Waals surface area contributed by atoms with Gasteiger partial charge in [0.05, 0.1) is 12.2 Å². The van der Waals surface area contributed by atoms with Gasteiger partial charge in [-0.25, -0.2) is 9.97 Å². The topological polar surface area (TPSA) is 62.2 Å². The molecule has 0 atom stereocenters. The van der Waals surface area contributed by atoms with E-state index in [2.05, 4.69) is 25.6 Å². The van der Waals surface area contributed by atoms with Crippen LogP contribution in [0, 0.1) is 6.92 Å². The number of aliphatic imine (C=N–C) groups is 1. The van der Waals surface area contributed by atoms with Crippen molar-refractivity contribution >= 4 is 5.96 Å². The molecule has 1 saturated carbocycles. The van der Waals surface area contributed by atoms with E-state index < -0.39 is 0 Å². The molecule has 1 aromatic rings. The minimum Gasteiger partial charge on any atom is -0.354 e. The standard InChI is InChI=1S/C11H17N5/c1-8-13-6-5-10(15-8)7-14-11(12-2)16-9-3-4-9/h5-6,9H,3-4,7H2,1-2H3,(H2,12,14,16). The summed E-state index contributed by atoms with van der Waals surface area (Å²) < 4.78 is 0. The normalized spacial score (nSPS) is 16.0. The molecular weight excluding hydrogens is 202 g/mol. The average molecular weight is 219 g/mol. The molecule has 0 saturated heterocycles. The molecule has 0 amide bonds. The molecule has 86 valence electrons. The summed E-state index contributed by atoms with van der Waals surface area (Å²) >= 11 is 0. The predicted octanol–water partition coefficient (Wildman–Crippen LogP) is 0.612. The molecule has 0 radical (unpaired) electrons. The van der Waals surface area contributed by atoms with Crippen LogP contribution in [0.4, 0.5) is 0 Å². The van der Waals surface area contributed by atoms with Crippen LogP contribution in [-0.2, 0) is 6.54 Å². The lowest BCUT2D eigenvalue weighted by molar-refractivity contribution is 0.783. The highest BCUT2D eigenvalue weighted by Gasteiger charge is 2.21. The molecule has 0 unspecified atom stereocenters. The van der Waals surface area contributed by atoms with Crippen molar-refractivity contribution in [3.8, 4) is 0 Å². The van der Waals surface area contributed by atoms with Gasteiger partial charge in [0.25, 0.3) is 0 Å². The Hall–Kier alpha value is -1.65. The lowest BCUT2D eigenvalue weighted by atomic mass is 10.4. The maximum absolute atomic E-state index is 4.32. The zero-order valence-corrected chi connectivity index (χ0v) is 9.70. The number of nitrogens with zero attached hydrogens (tertiary/aromatic N) is 3. The van der Waals surface area contributed by atoms with Crippen molar-refractivity contribution in [3.05, 3.63) is 23.8 Å². The third-order valence-corrected chi connectivity index (χ3v) is 2.41. The van der Waals surface area contributed by atoms with Crippen LogP contribution in [0.2, 0.25) is 0 Å². The van der Waals surface area contributed by atoms with Crippen molar-refractivity contribution < 1.29 is 0 Å². The van der Waals surface area contributed by atoms with Gasteiger partial charge in [-0.15, -0.1) is 0 Å². The van der Waals surface area contributed by atoms with E-state index in [0.717, 1.165) is 17.5 Å². The molecule has 16 heavy (non-hydrogen) atoms. The van der Waals surface area contributed by atoms with E-state index in [1.54, 1.807) is 13.2 Å². The van der Waals surface area contributed by atoms with Gasteiger partial charge in [-0.3, -0.25) is 4.99 Å². The molecular formula is C11H17N5. The molecule has 1 heterocycles. The van der Waals surface area contributed by atoms with Gasteiger partial charge in [0.2, 0.25) is 0 Å². The Morgan fingerprint density at radius 2 is 2.38 bits per heavy atom. The van der Waals surface area contributed by atoms with Gasteiger partial charge in [-0.2, -0.15) is 0 Å². The Bertz CT molecular complexity index is 384. The first kappa shape index (κ1) is 10.9. The van der Waals surface area contributed by atoms with Gasteiger partial charge in [0.1, 0.15) is 5.82 Å². The summed E-state index contributed by atoms with van der Waals surface area (Å²) in [6, 6.07) is 2.52. The highest BCUT2D eigenvalue weighted by molar-refractivity contribution is 5.80. The number of hydrogen-bond acceptors (Lipinski definition) is 3. The SMILES string of the molecule is CN=C(NCc1ccnc(C)n1)NC1CC1. The van der Waals surface area contributed by atoms with Crippen LogP contribution in [0.5, 0.6) is 0 Å². The molecule has 0 spiro atoms. The number of aromatic nitrogens is 2. The minimum atomic E-state index is 0.610. The Kier molecular flexibility index (Phi) is 3.34. The molecule has 0 aromatic carbocycles. The molecule has 2 rings (SSSR count). The van der Waals surface area contributed by atoms with E-state index in [4.69, 9.17) is 0 Å². The van der Waals surface area contributed by atoms with E-state index in [-0.39, 0.29) is 0 Å². The quantitative estimate of drug-likeness (QED) is 0.577. The maximum atomic E-state index is 4.32. The monoisotopic (exact) mass is 219 g/mol. The first-order chi connectivity index (χ1) is 7.78. The van der Waals surface area contributed by atoms with E-state index in [0.29, 0.717) is 12.6 Å². The van der Waals surface area contributed by atoms with Crippen molar-refractivity contribution in [1.29, 1.82) is 0 Å². The van der Waals surface area contributed by atoms with Gasteiger partial charge in [-0.05, 0) is 25.8 Å². The van der Waals surface area contributed by atoms with E-state index in [1.165, 1.54) is 12.8 Å². The van der Waals surface area contributed by atoms with Crippen molar-refractivity contribution in [2.24, 2.45) is 4.99 Å². The van der Waals surface area contributed by atoms with Gasteiger partial charge in [0, 0.05) is 19.3 Å². The smallest absolute Gasteiger partial charge is 0.191 e.